The minimum atomic E-state index is -1.31. The third kappa shape index (κ3) is 4.57. The Hall–Kier alpha value is -2.32. The van der Waals surface area contributed by atoms with Crippen molar-refractivity contribution in [3.8, 4) is 0 Å². The summed E-state index contributed by atoms with van der Waals surface area (Å²) in [5.74, 6) is -0.445. The van der Waals surface area contributed by atoms with E-state index in [0.29, 0.717) is 22.2 Å². The molecular weight excluding hydrogens is 451 g/mol. The van der Waals surface area contributed by atoms with Crippen LogP contribution in [0.3, 0.4) is 0 Å². The van der Waals surface area contributed by atoms with Crippen molar-refractivity contribution in [1.29, 1.82) is 0 Å². The minimum Gasteiger partial charge on any atom is -0.390 e. The van der Waals surface area contributed by atoms with Crippen LogP contribution < -0.4 is 10.2 Å². The van der Waals surface area contributed by atoms with Gasteiger partial charge in [0, 0.05) is 54.0 Å². The topological polar surface area (TPSA) is 76.1 Å². The number of aliphatic hydroxyl groups excluding tert-OH is 1. The molecule has 2 aromatic rings. The summed E-state index contributed by atoms with van der Waals surface area (Å²) in [6.07, 6.45) is -0.851. The maximum absolute atomic E-state index is 13.1. The molecule has 170 valence electrons. The second-order valence-corrected chi connectivity index (χ2v) is 9.22. The van der Waals surface area contributed by atoms with Crippen molar-refractivity contribution >= 4 is 40.8 Å². The van der Waals surface area contributed by atoms with Gasteiger partial charge in [-0.05, 0) is 31.2 Å². The number of hydrogen-bond donors (Lipinski definition) is 2. The Balaban J connectivity index is 1.35. The van der Waals surface area contributed by atoms with E-state index in [-0.39, 0.29) is 6.54 Å². The summed E-state index contributed by atoms with van der Waals surface area (Å²) >= 11 is 12.2. The molecule has 7 nitrogen and oxygen atoms in total. The number of para-hydroxylation sites is 1. The quantitative estimate of drug-likeness (QED) is 0.626. The Morgan fingerprint density at radius 1 is 1.03 bits per heavy atom. The first kappa shape index (κ1) is 22.9. The molecule has 9 heteroatoms. The van der Waals surface area contributed by atoms with Crippen molar-refractivity contribution in [3.63, 3.8) is 0 Å². The number of aliphatic hydroxyl groups is 1. The molecule has 2 fully saturated rings. The molecule has 0 spiro atoms. The Morgan fingerprint density at radius 2 is 1.72 bits per heavy atom. The molecule has 2 saturated heterocycles. The largest absolute Gasteiger partial charge is 0.390 e. The normalized spacial score (nSPS) is 22.9. The van der Waals surface area contributed by atoms with Gasteiger partial charge >= 0.3 is 6.03 Å². The average Bonchev–Trinajstić information content (AvgIpc) is 2.98. The van der Waals surface area contributed by atoms with Crippen LogP contribution in [0.25, 0.3) is 0 Å². The molecule has 2 atom stereocenters. The van der Waals surface area contributed by atoms with Crippen molar-refractivity contribution in [3.05, 3.63) is 64.1 Å². The van der Waals surface area contributed by atoms with Crippen LogP contribution in [-0.2, 0) is 10.3 Å². The molecule has 32 heavy (non-hydrogen) atoms. The number of rotatable bonds is 6. The number of halogens is 2. The molecule has 4 rings (SSSR count). The third-order valence-corrected chi connectivity index (χ3v) is 6.65. The highest BCUT2D eigenvalue weighted by Crippen LogP contribution is 2.35. The van der Waals surface area contributed by atoms with E-state index in [2.05, 4.69) is 27.2 Å². The van der Waals surface area contributed by atoms with E-state index in [0.717, 1.165) is 31.1 Å². The van der Waals surface area contributed by atoms with E-state index in [4.69, 9.17) is 23.2 Å². The van der Waals surface area contributed by atoms with Gasteiger partial charge in [-0.2, -0.15) is 0 Å². The summed E-state index contributed by atoms with van der Waals surface area (Å²) in [6.45, 7) is 5.22. The van der Waals surface area contributed by atoms with Crippen LogP contribution in [0.5, 0.6) is 0 Å². The number of amides is 3. The molecule has 2 aromatic carbocycles. The molecule has 2 aliphatic rings. The fourth-order valence-corrected chi connectivity index (χ4v) is 4.93. The Labute approximate surface area is 197 Å². The van der Waals surface area contributed by atoms with Gasteiger partial charge in [0.05, 0.1) is 12.6 Å². The average molecular weight is 477 g/mol. The SMILES string of the molecule is C[C@@]1(c2ccc(Cl)cc2Cl)NC(=O)N(C[C@@H](O)CN2CCN(c3ccccc3)CC2)C1=O. The number of carbonyl (C=O) groups is 2. The number of nitrogens with zero attached hydrogens (tertiary/aromatic N) is 3. The van der Waals surface area contributed by atoms with E-state index < -0.39 is 23.6 Å². The van der Waals surface area contributed by atoms with Crippen LogP contribution >= 0.6 is 23.2 Å². The van der Waals surface area contributed by atoms with Crippen molar-refractivity contribution in [2.45, 2.75) is 18.6 Å². The van der Waals surface area contributed by atoms with E-state index in [1.165, 1.54) is 11.8 Å². The number of hydrogen-bond acceptors (Lipinski definition) is 5. The summed E-state index contributed by atoms with van der Waals surface area (Å²) in [6, 6.07) is 14.5. The second-order valence-electron chi connectivity index (χ2n) is 8.37. The Morgan fingerprint density at radius 3 is 2.38 bits per heavy atom. The number of benzene rings is 2. The zero-order valence-electron chi connectivity index (χ0n) is 17.8. The van der Waals surface area contributed by atoms with E-state index in [1.54, 1.807) is 19.1 Å². The van der Waals surface area contributed by atoms with Gasteiger partial charge in [0.2, 0.25) is 0 Å². The highest BCUT2D eigenvalue weighted by atomic mass is 35.5. The number of β-amino-alcohol motifs (C(OH)–C–C–N with tert-alkyl or cyclic N) is 1. The molecule has 0 radical (unpaired) electrons. The zero-order chi connectivity index (χ0) is 22.9. The predicted octanol–water partition coefficient (Wildman–Crippen LogP) is 2.94. The lowest BCUT2D eigenvalue weighted by atomic mass is 9.92. The first-order valence-electron chi connectivity index (χ1n) is 10.6. The van der Waals surface area contributed by atoms with Crippen LogP contribution in [0.4, 0.5) is 10.5 Å². The Bertz CT molecular complexity index is 998. The van der Waals surface area contributed by atoms with Gasteiger partial charge in [0.15, 0.2) is 0 Å². The molecule has 2 aliphatic heterocycles. The highest BCUT2D eigenvalue weighted by molar-refractivity contribution is 6.35. The van der Waals surface area contributed by atoms with Gasteiger partial charge in [-0.3, -0.25) is 14.6 Å². The van der Waals surface area contributed by atoms with Gasteiger partial charge in [-0.25, -0.2) is 4.79 Å². The zero-order valence-corrected chi connectivity index (χ0v) is 19.3. The lowest BCUT2D eigenvalue weighted by Crippen LogP contribution is -2.50. The number of urea groups is 1. The number of anilines is 1. The number of carbonyl (C=O) groups excluding carboxylic acids is 2. The minimum absolute atomic E-state index is 0.0790. The predicted molar refractivity (Wildman–Crippen MR) is 125 cm³/mol. The summed E-state index contributed by atoms with van der Waals surface area (Å²) in [5, 5.41) is 14.1. The smallest absolute Gasteiger partial charge is 0.325 e. The second kappa shape index (κ2) is 9.27. The summed E-state index contributed by atoms with van der Waals surface area (Å²) in [5.41, 5.74) is 0.350. The van der Waals surface area contributed by atoms with Crippen LogP contribution in [0.15, 0.2) is 48.5 Å². The summed E-state index contributed by atoms with van der Waals surface area (Å²) in [4.78, 5) is 31.2. The third-order valence-electron chi connectivity index (χ3n) is 6.10. The Kier molecular flexibility index (Phi) is 6.62. The van der Waals surface area contributed by atoms with Crippen LogP contribution in [-0.4, -0.2) is 72.2 Å². The van der Waals surface area contributed by atoms with Crippen LogP contribution in [0, 0.1) is 0 Å². The fraction of sp³-hybridized carbons (Fsp3) is 0.391. The van der Waals surface area contributed by atoms with Crippen molar-refractivity contribution in [2.75, 3.05) is 44.2 Å². The molecule has 3 amide bonds. The number of piperazine rings is 1. The van der Waals surface area contributed by atoms with Gasteiger partial charge in [0.25, 0.3) is 5.91 Å². The van der Waals surface area contributed by atoms with Gasteiger partial charge in [-0.1, -0.05) is 47.5 Å². The van der Waals surface area contributed by atoms with E-state index in [1.807, 2.05) is 18.2 Å². The maximum Gasteiger partial charge on any atom is 0.325 e. The molecule has 0 bridgehead atoms. The van der Waals surface area contributed by atoms with Crippen LogP contribution in [0.2, 0.25) is 10.0 Å². The fourth-order valence-electron chi connectivity index (χ4n) is 4.33. The molecule has 0 saturated carbocycles. The van der Waals surface area contributed by atoms with Crippen molar-refractivity contribution in [1.82, 2.24) is 15.1 Å². The van der Waals surface area contributed by atoms with E-state index in [9.17, 15) is 14.7 Å². The first-order chi connectivity index (χ1) is 15.3. The van der Waals surface area contributed by atoms with Crippen molar-refractivity contribution in [2.24, 2.45) is 0 Å². The maximum atomic E-state index is 13.1. The van der Waals surface area contributed by atoms with Gasteiger partial charge in [0.1, 0.15) is 5.54 Å². The lowest BCUT2D eigenvalue weighted by Gasteiger charge is -2.37. The molecular formula is C23H26Cl2N4O3. The first-order valence-corrected chi connectivity index (χ1v) is 11.3. The highest BCUT2D eigenvalue weighted by Gasteiger charge is 2.50. The number of nitrogens with one attached hydrogen (secondary N) is 1. The lowest BCUT2D eigenvalue weighted by molar-refractivity contribution is -0.132. The van der Waals surface area contributed by atoms with E-state index >= 15 is 0 Å². The van der Waals surface area contributed by atoms with Gasteiger partial charge in [-0.15, -0.1) is 0 Å². The molecule has 2 N–H and O–H groups in total. The number of imide groups is 1. The van der Waals surface area contributed by atoms with Crippen molar-refractivity contribution < 1.29 is 14.7 Å². The summed E-state index contributed by atoms with van der Waals surface area (Å²) < 4.78 is 0. The van der Waals surface area contributed by atoms with Crippen LogP contribution in [0.1, 0.15) is 12.5 Å². The molecule has 2 heterocycles. The molecule has 0 unspecified atom stereocenters. The molecule has 0 aromatic heterocycles. The standard InChI is InChI=1S/C23H26Cl2N4O3/c1-23(19-8-7-16(24)13-20(19)25)21(31)29(22(32)26-23)15-18(30)14-27-9-11-28(12-10-27)17-5-3-2-4-6-17/h2-8,13,18,30H,9-12,14-15H2,1H3,(H,26,32)/t18-,23-/m0/s1. The monoisotopic (exact) mass is 476 g/mol. The molecule has 0 aliphatic carbocycles. The van der Waals surface area contributed by atoms with Gasteiger partial charge < -0.3 is 15.3 Å². The summed E-state index contributed by atoms with van der Waals surface area (Å²) in [7, 11) is 0.